The molecular weight excluding hydrogens is 396 g/mol. The van der Waals surface area contributed by atoms with Crippen LogP contribution in [0.15, 0.2) is 35.1 Å². The number of carbonyl (C=O) groups is 2. The van der Waals surface area contributed by atoms with Gasteiger partial charge in [-0.3, -0.25) is 0 Å². The van der Waals surface area contributed by atoms with Crippen molar-refractivity contribution in [3.05, 3.63) is 35.1 Å². The topological polar surface area (TPSA) is 132 Å². The fraction of sp³-hybridized carbons (Fsp3) is 0.619. The van der Waals surface area contributed by atoms with Crippen molar-refractivity contribution in [2.24, 2.45) is 0 Å². The SMILES string of the molecule is C=C(CO)C(=O)O[C@H]1C[C@@](C)(O)[C@]2(O)CC[C@](C)(/C=C3/OC(=O)C(COCC)=C31)O2. The Kier molecular flexibility index (Phi) is 5.96. The summed E-state index contributed by atoms with van der Waals surface area (Å²) in [5.41, 5.74) is -2.66. The van der Waals surface area contributed by atoms with E-state index < -0.39 is 41.6 Å². The first-order valence-electron chi connectivity index (χ1n) is 9.86. The van der Waals surface area contributed by atoms with Crippen LogP contribution < -0.4 is 0 Å². The van der Waals surface area contributed by atoms with Crippen LogP contribution in [0.25, 0.3) is 0 Å². The molecule has 0 radical (unpaired) electrons. The lowest BCUT2D eigenvalue weighted by Gasteiger charge is -2.40. The van der Waals surface area contributed by atoms with Crippen LogP contribution in [-0.2, 0) is 28.5 Å². The summed E-state index contributed by atoms with van der Waals surface area (Å²) in [6.45, 7) is 7.95. The van der Waals surface area contributed by atoms with E-state index in [2.05, 4.69) is 6.58 Å². The van der Waals surface area contributed by atoms with Crippen molar-refractivity contribution in [3.63, 3.8) is 0 Å². The second kappa shape index (κ2) is 7.90. The van der Waals surface area contributed by atoms with Crippen molar-refractivity contribution >= 4 is 11.9 Å². The Morgan fingerprint density at radius 2 is 2.03 bits per heavy atom. The van der Waals surface area contributed by atoms with E-state index in [-0.39, 0.29) is 41.9 Å². The summed E-state index contributed by atoms with van der Waals surface area (Å²) < 4.78 is 22.2. The summed E-state index contributed by atoms with van der Waals surface area (Å²) in [4.78, 5) is 24.9. The third-order valence-electron chi connectivity index (χ3n) is 5.76. The monoisotopic (exact) mass is 424 g/mol. The molecule has 3 rings (SSSR count). The number of esters is 2. The third kappa shape index (κ3) is 3.95. The number of carbonyl (C=O) groups excluding carboxylic acids is 2. The van der Waals surface area contributed by atoms with Gasteiger partial charge in [-0.2, -0.15) is 0 Å². The minimum Gasteiger partial charge on any atom is -0.454 e. The molecule has 3 heterocycles. The zero-order valence-corrected chi connectivity index (χ0v) is 17.4. The van der Waals surface area contributed by atoms with Crippen molar-refractivity contribution in [2.45, 2.75) is 63.1 Å². The van der Waals surface area contributed by atoms with Gasteiger partial charge in [0.1, 0.15) is 17.5 Å². The zero-order chi connectivity index (χ0) is 22.3. The van der Waals surface area contributed by atoms with E-state index in [0.717, 1.165) is 0 Å². The molecule has 0 unspecified atom stereocenters. The number of hydrogen-bond donors (Lipinski definition) is 3. The summed E-state index contributed by atoms with van der Waals surface area (Å²) in [5, 5.41) is 31.4. The first-order valence-corrected chi connectivity index (χ1v) is 9.86. The van der Waals surface area contributed by atoms with Crippen LogP contribution in [0.5, 0.6) is 0 Å². The predicted octanol–water partition coefficient (Wildman–Crippen LogP) is 0.633. The van der Waals surface area contributed by atoms with Gasteiger partial charge in [-0.05, 0) is 33.3 Å². The van der Waals surface area contributed by atoms with E-state index in [1.807, 2.05) is 0 Å². The third-order valence-corrected chi connectivity index (χ3v) is 5.76. The summed E-state index contributed by atoms with van der Waals surface area (Å²) in [5.74, 6) is -3.32. The van der Waals surface area contributed by atoms with Gasteiger partial charge in [0.15, 0.2) is 5.79 Å². The molecule has 1 saturated heterocycles. The van der Waals surface area contributed by atoms with E-state index in [4.69, 9.17) is 18.9 Å². The van der Waals surface area contributed by atoms with Crippen LogP contribution >= 0.6 is 0 Å². The maximum Gasteiger partial charge on any atom is 0.342 e. The fourth-order valence-corrected chi connectivity index (χ4v) is 3.94. The normalized spacial score (nSPS) is 37.5. The average molecular weight is 424 g/mol. The molecule has 0 aliphatic carbocycles. The molecule has 0 spiro atoms. The first-order chi connectivity index (χ1) is 14.0. The number of aliphatic hydroxyl groups is 3. The van der Waals surface area contributed by atoms with Crippen LogP contribution in [-0.4, -0.2) is 70.2 Å². The van der Waals surface area contributed by atoms with Crippen LogP contribution in [0.1, 0.15) is 40.0 Å². The smallest absolute Gasteiger partial charge is 0.342 e. The molecular formula is C21H28O9. The Bertz CT molecular complexity index is 824. The standard InChI is InChI=1S/C21H28O9/c1-5-27-11-13-16-14(29-18(13)24)8-19(3)6-7-21(26,30-19)20(4,25)9-15(16)28-17(23)12(2)10-22/h8,15,22,25-26H,2,5-7,9-11H2,1,3-4H3/b14-8+/t15-,19+,20+,21-/m0/s1. The fourth-order valence-electron chi connectivity index (χ4n) is 3.94. The summed E-state index contributed by atoms with van der Waals surface area (Å²) in [7, 11) is 0. The van der Waals surface area contributed by atoms with E-state index in [9.17, 15) is 24.9 Å². The lowest BCUT2D eigenvalue weighted by molar-refractivity contribution is -0.298. The van der Waals surface area contributed by atoms with E-state index >= 15 is 0 Å². The van der Waals surface area contributed by atoms with Gasteiger partial charge in [-0.1, -0.05) is 6.58 Å². The second-order valence-corrected chi connectivity index (χ2v) is 8.26. The van der Waals surface area contributed by atoms with Crippen molar-refractivity contribution < 1.29 is 43.9 Å². The Balaban J connectivity index is 2.15. The molecule has 166 valence electrons. The minimum absolute atomic E-state index is 0.0824. The summed E-state index contributed by atoms with van der Waals surface area (Å²) in [6.07, 6.45) is 0.590. The highest BCUT2D eigenvalue weighted by Gasteiger charge is 2.58. The lowest BCUT2D eigenvalue weighted by Crippen LogP contribution is -2.54. The predicted molar refractivity (Wildman–Crippen MR) is 103 cm³/mol. The number of aliphatic hydroxyl groups excluding tert-OH is 1. The molecule has 0 aromatic heterocycles. The van der Waals surface area contributed by atoms with Gasteiger partial charge < -0.3 is 34.3 Å². The quantitative estimate of drug-likeness (QED) is 0.415. The van der Waals surface area contributed by atoms with Gasteiger partial charge in [0.05, 0.1) is 30.0 Å². The molecule has 0 aromatic carbocycles. The van der Waals surface area contributed by atoms with Crippen LogP contribution in [0, 0.1) is 0 Å². The summed E-state index contributed by atoms with van der Waals surface area (Å²) in [6, 6.07) is 0. The Hall–Kier alpha value is -2.04. The van der Waals surface area contributed by atoms with Gasteiger partial charge in [0.25, 0.3) is 0 Å². The molecule has 9 nitrogen and oxygen atoms in total. The van der Waals surface area contributed by atoms with E-state index in [1.54, 1.807) is 19.9 Å². The molecule has 2 bridgehead atoms. The number of fused-ring (bicyclic) bond motifs is 3. The number of ether oxygens (including phenoxy) is 4. The maximum atomic E-state index is 12.6. The molecule has 3 aliphatic rings. The summed E-state index contributed by atoms with van der Waals surface area (Å²) >= 11 is 0. The van der Waals surface area contributed by atoms with E-state index in [0.29, 0.717) is 13.0 Å². The average Bonchev–Trinajstić information content (AvgIpc) is 3.15. The van der Waals surface area contributed by atoms with Gasteiger partial charge >= 0.3 is 11.9 Å². The lowest BCUT2D eigenvalue weighted by atomic mass is 9.82. The molecule has 0 aromatic rings. The Morgan fingerprint density at radius 1 is 1.33 bits per heavy atom. The molecule has 9 heteroatoms. The van der Waals surface area contributed by atoms with Crippen molar-refractivity contribution in [1.29, 1.82) is 0 Å². The van der Waals surface area contributed by atoms with Crippen LogP contribution in [0.4, 0.5) is 0 Å². The molecule has 3 N–H and O–H groups in total. The van der Waals surface area contributed by atoms with Crippen LogP contribution in [0.2, 0.25) is 0 Å². The maximum absolute atomic E-state index is 12.6. The first kappa shape index (κ1) is 22.6. The van der Waals surface area contributed by atoms with Crippen molar-refractivity contribution in [3.8, 4) is 0 Å². The minimum atomic E-state index is -1.90. The van der Waals surface area contributed by atoms with Crippen molar-refractivity contribution in [1.82, 2.24) is 0 Å². The highest BCUT2D eigenvalue weighted by atomic mass is 16.7. The van der Waals surface area contributed by atoms with E-state index in [1.165, 1.54) is 6.92 Å². The number of hydrogen-bond acceptors (Lipinski definition) is 9. The zero-order valence-electron chi connectivity index (χ0n) is 17.4. The molecule has 0 amide bonds. The highest BCUT2D eigenvalue weighted by molar-refractivity contribution is 5.95. The molecule has 1 fully saturated rings. The van der Waals surface area contributed by atoms with Gasteiger partial charge in [0.2, 0.25) is 0 Å². The van der Waals surface area contributed by atoms with Crippen LogP contribution in [0.3, 0.4) is 0 Å². The number of rotatable bonds is 6. The Morgan fingerprint density at radius 3 is 2.67 bits per heavy atom. The Labute approximate surface area is 174 Å². The van der Waals surface area contributed by atoms with Gasteiger partial charge in [-0.25, -0.2) is 9.59 Å². The molecule has 3 aliphatic heterocycles. The molecule has 0 saturated carbocycles. The largest absolute Gasteiger partial charge is 0.454 e. The molecule has 30 heavy (non-hydrogen) atoms. The highest BCUT2D eigenvalue weighted by Crippen LogP contribution is 2.49. The van der Waals surface area contributed by atoms with Gasteiger partial charge in [-0.15, -0.1) is 0 Å². The van der Waals surface area contributed by atoms with Crippen molar-refractivity contribution in [2.75, 3.05) is 19.8 Å². The van der Waals surface area contributed by atoms with Gasteiger partial charge in [0, 0.05) is 25.0 Å². The molecule has 4 atom stereocenters. The second-order valence-electron chi connectivity index (χ2n) is 8.26.